The molecule has 1 N–H and O–H groups in total. The molecule has 0 saturated heterocycles. The number of carbonyl (C=O) groups excluding carboxylic acids is 1. The number of hydrogen-bond donors (Lipinski definition) is 1. The van der Waals surface area contributed by atoms with Gasteiger partial charge in [0, 0.05) is 17.0 Å². The van der Waals surface area contributed by atoms with Crippen molar-refractivity contribution in [3.05, 3.63) is 29.3 Å². The third-order valence-electron chi connectivity index (χ3n) is 2.12. The minimum atomic E-state index is -3.53. The van der Waals surface area contributed by atoms with Gasteiger partial charge in [-0.15, -0.1) is 0 Å². The van der Waals surface area contributed by atoms with Crippen LogP contribution in [0.1, 0.15) is 0 Å². The first-order chi connectivity index (χ1) is 8.69. The van der Waals surface area contributed by atoms with E-state index >= 15 is 0 Å². The van der Waals surface area contributed by atoms with E-state index in [1.165, 1.54) is 24.3 Å². The maximum Gasteiger partial charge on any atom is 0.323 e. The van der Waals surface area contributed by atoms with E-state index in [1.807, 2.05) is 0 Å². The van der Waals surface area contributed by atoms with E-state index in [2.05, 4.69) is 0 Å². The second-order valence-corrected chi connectivity index (χ2v) is 6.50. The molecule has 0 unspecified atom stereocenters. The Morgan fingerprint density at radius 2 is 1.79 bits per heavy atom. The summed E-state index contributed by atoms with van der Waals surface area (Å²) >= 11 is 5.69. The van der Waals surface area contributed by atoms with Crippen molar-refractivity contribution in [3.63, 3.8) is 0 Å². The molecule has 1 amide bonds. The van der Waals surface area contributed by atoms with E-state index < -0.39 is 34.0 Å². The molecule has 0 radical (unpaired) electrons. The van der Waals surface area contributed by atoms with Gasteiger partial charge in [-0.2, -0.15) is 0 Å². The molecule has 19 heavy (non-hydrogen) atoms. The van der Waals surface area contributed by atoms with Crippen LogP contribution in [0, 0.1) is 0 Å². The molecule has 1 aromatic carbocycles. The predicted molar refractivity (Wildman–Crippen MR) is 71.2 cm³/mol. The zero-order valence-corrected chi connectivity index (χ0v) is 11.6. The summed E-state index contributed by atoms with van der Waals surface area (Å²) in [6.07, 6.45) is 0.908. The zero-order valence-electron chi connectivity index (χ0n) is 10.0. The maximum absolute atomic E-state index is 11.8. The molecular formula is C11H12ClNO5S. The Morgan fingerprint density at radius 1 is 1.26 bits per heavy atom. The molecule has 0 fully saturated rings. The van der Waals surface area contributed by atoms with Crippen LogP contribution in [0.15, 0.2) is 24.3 Å². The number of amides is 1. The highest BCUT2D eigenvalue weighted by atomic mass is 35.5. The van der Waals surface area contributed by atoms with Crippen molar-refractivity contribution in [3.8, 4) is 0 Å². The fraction of sp³-hybridized carbons (Fsp3) is 0.273. The number of halogens is 1. The van der Waals surface area contributed by atoms with Crippen molar-refractivity contribution in [2.75, 3.05) is 23.5 Å². The summed E-state index contributed by atoms with van der Waals surface area (Å²) in [7, 11) is -3.53. The zero-order chi connectivity index (χ0) is 14.6. The standard InChI is InChI=1S/C11H12ClNO5S/c1-19(17,18)7-10(14)13(6-11(15)16)9-4-2-8(12)3-5-9/h2-5H,6-7H2,1H3,(H,15,16). The Balaban J connectivity index is 3.04. The van der Waals surface area contributed by atoms with E-state index in [-0.39, 0.29) is 5.69 Å². The maximum atomic E-state index is 11.8. The van der Waals surface area contributed by atoms with Crippen molar-refractivity contribution in [2.24, 2.45) is 0 Å². The molecule has 1 aromatic rings. The molecule has 0 aliphatic rings. The topological polar surface area (TPSA) is 91.8 Å². The van der Waals surface area contributed by atoms with Crippen LogP contribution in [0.2, 0.25) is 5.02 Å². The van der Waals surface area contributed by atoms with Crippen LogP contribution in [-0.4, -0.2) is 44.0 Å². The van der Waals surface area contributed by atoms with Crippen LogP contribution in [0.25, 0.3) is 0 Å². The molecule has 0 aliphatic carbocycles. The molecule has 0 bridgehead atoms. The number of carboxylic acids is 1. The van der Waals surface area contributed by atoms with E-state index in [9.17, 15) is 18.0 Å². The molecule has 0 heterocycles. The fourth-order valence-corrected chi connectivity index (χ4v) is 2.11. The summed E-state index contributed by atoms with van der Waals surface area (Å²) in [5.74, 6) is -2.79. The van der Waals surface area contributed by atoms with Gasteiger partial charge in [-0.3, -0.25) is 9.59 Å². The van der Waals surface area contributed by atoms with Crippen molar-refractivity contribution >= 4 is 39.0 Å². The van der Waals surface area contributed by atoms with Crippen LogP contribution in [-0.2, 0) is 19.4 Å². The number of benzene rings is 1. The van der Waals surface area contributed by atoms with Gasteiger partial charge in [0.1, 0.15) is 12.3 Å². The molecule has 8 heteroatoms. The van der Waals surface area contributed by atoms with Crippen molar-refractivity contribution < 1.29 is 23.1 Å². The number of rotatable bonds is 5. The Labute approximate surface area is 115 Å². The van der Waals surface area contributed by atoms with Crippen LogP contribution in [0.5, 0.6) is 0 Å². The van der Waals surface area contributed by atoms with Crippen molar-refractivity contribution in [2.45, 2.75) is 0 Å². The number of carboxylic acid groups (broad SMARTS) is 1. The summed E-state index contributed by atoms with van der Waals surface area (Å²) in [5.41, 5.74) is 0.278. The fourth-order valence-electron chi connectivity index (χ4n) is 1.38. The minimum absolute atomic E-state index is 0.278. The highest BCUT2D eigenvalue weighted by Gasteiger charge is 2.22. The molecule has 6 nitrogen and oxygen atoms in total. The highest BCUT2D eigenvalue weighted by molar-refractivity contribution is 7.91. The normalized spacial score (nSPS) is 11.1. The predicted octanol–water partition coefficient (Wildman–Crippen LogP) is 0.802. The van der Waals surface area contributed by atoms with Gasteiger partial charge in [0.05, 0.1) is 0 Å². The van der Waals surface area contributed by atoms with Crippen LogP contribution >= 0.6 is 11.6 Å². The molecule has 0 spiro atoms. The SMILES string of the molecule is CS(=O)(=O)CC(=O)N(CC(=O)O)c1ccc(Cl)cc1. The number of aliphatic carboxylic acids is 1. The van der Waals surface area contributed by atoms with E-state index in [0.717, 1.165) is 11.2 Å². The molecule has 0 aromatic heterocycles. The van der Waals surface area contributed by atoms with Crippen molar-refractivity contribution in [1.82, 2.24) is 0 Å². The van der Waals surface area contributed by atoms with Gasteiger partial charge in [-0.05, 0) is 24.3 Å². The molecule has 0 saturated carbocycles. The van der Waals surface area contributed by atoms with Crippen molar-refractivity contribution in [1.29, 1.82) is 0 Å². The lowest BCUT2D eigenvalue weighted by molar-refractivity contribution is -0.136. The van der Waals surface area contributed by atoms with Gasteiger partial charge in [-0.1, -0.05) is 11.6 Å². The Morgan fingerprint density at radius 3 is 2.21 bits per heavy atom. The second kappa shape index (κ2) is 6.03. The van der Waals surface area contributed by atoms with E-state index in [0.29, 0.717) is 5.02 Å². The summed E-state index contributed by atoms with van der Waals surface area (Å²) < 4.78 is 22.2. The lowest BCUT2D eigenvalue weighted by Crippen LogP contribution is -2.39. The third-order valence-corrected chi connectivity index (χ3v) is 3.14. The third kappa shape index (κ3) is 5.27. The average Bonchev–Trinajstić information content (AvgIpc) is 2.24. The van der Waals surface area contributed by atoms with E-state index in [4.69, 9.17) is 16.7 Å². The summed E-state index contributed by atoms with van der Waals surface area (Å²) in [6, 6.07) is 5.87. The first-order valence-electron chi connectivity index (χ1n) is 5.14. The van der Waals surface area contributed by atoms with Crippen LogP contribution < -0.4 is 4.90 Å². The molecule has 0 aliphatic heterocycles. The summed E-state index contributed by atoms with van der Waals surface area (Å²) in [4.78, 5) is 23.5. The van der Waals surface area contributed by atoms with Gasteiger partial charge in [0.15, 0.2) is 9.84 Å². The van der Waals surface area contributed by atoms with Gasteiger partial charge in [0.25, 0.3) is 0 Å². The van der Waals surface area contributed by atoms with Crippen LogP contribution in [0.4, 0.5) is 5.69 Å². The van der Waals surface area contributed by atoms with Gasteiger partial charge in [-0.25, -0.2) is 8.42 Å². The second-order valence-electron chi connectivity index (χ2n) is 3.92. The van der Waals surface area contributed by atoms with Gasteiger partial charge >= 0.3 is 5.97 Å². The number of hydrogen-bond acceptors (Lipinski definition) is 4. The first-order valence-corrected chi connectivity index (χ1v) is 7.58. The molecule has 104 valence electrons. The molecule has 0 atom stereocenters. The summed E-state index contributed by atoms with van der Waals surface area (Å²) in [5, 5.41) is 9.20. The Kier molecular flexibility index (Phi) is 4.90. The smallest absolute Gasteiger partial charge is 0.323 e. The van der Waals surface area contributed by atoms with Crippen LogP contribution in [0.3, 0.4) is 0 Å². The highest BCUT2D eigenvalue weighted by Crippen LogP contribution is 2.18. The quantitative estimate of drug-likeness (QED) is 0.869. The molecular weight excluding hydrogens is 294 g/mol. The Hall–Kier alpha value is -1.60. The lowest BCUT2D eigenvalue weighted by atomic mass is 10.3. The monoisotopic (exact) mass is 305 g/mol. The Bertz CT molecular complexity index is 582. The number of carbonyl (C=O) groups is 2. The number of anilines is 1. The molecule has 1 rings (SSSR count). The largest absolute Gasteiger partial charge is 0.480 e. The van der Waals surface area contributed by atoms with E-state index in [1.54, 1.807) is 0 Å². The van der Waals surface area contributed by atoms with Gasteiger partial charge in [0.2, 0.25) is 5.91 Å². The first kappa shape index (κ1) is 15.5. The lowest BCUT2D eigenvalue weighted by Gasteiger charge is -2.20. The average molecular weight is 306 g/mol. The number of nitrogens with zero attached hydrogens (tertiary/aromatic N) is 1. The summed E-state index contributed by atoms with van der Waals surface area (Å²) in [6.45, 7) is -0.615. The number of sulfone groups is 1. The van der Waals surface area contributed by atoms with Gasteiger partial charge < -0.3 is 10.0 Å². The minimum Gasteiger partial charge on any atom is -0.480 e.